The van der Waals surface area contributed by atoms with Gasteiger partial charge < -0.3 is 0 Å². The number of aryl methyl sites for hydroxylation is 1. The first-order valence-electron chi connectivity index (χ1n) is 12.3. The molecule has 0 nitrogen and oxygen atoms in total. The van der Waals surface area contributed by atoms with Gasteiger partial charge in [-0.15, -0.1) is 0 Å². The molecule has 3 aromatic carbocycles. The molecule has 3 aromatic rings. The number of benzene rings is 3. The summed E-state index contributed by atoms with van der Waals surface area (Å²) in [5, 5.41) is 0. The number of hydrogen-bond acceptors (Lipinski definition) is 0. The zero-order valence-electron chi connectivity index (χ0n) is 19.5. The molecule has 0 saturated heterocycles. The molecule has 0 fully saturated rings. The van der Waals surface area contributed by atoms with E-state index in [-0.39, 0.29) is 5.41 Å². The second kappa shape index (κ2) is 7.89. The zero-order chi connectivity index (χ0) is 22.4. The van der Waals surface area contributed by atoms with Crippen molar-refractivity contribution in [3.05, 3.63) is 131 Å². The maximum absolute atomic E-state index is 2.50. The lowest BCUT2D eigenvalue weighted by molar-refractivity contribution is 0.686. The van der Waals surface area contributed by atoms with Gasteiger partial charge >= 0.3 is 0 Å². The Morgan fingerprint density at radius 1 is 0.727 bits per heavy atom. The highest BCUT2D eigenvalue weighted by atomic mass is 14.5. The fraction of sp³-hybridized carbons (Fsp3) is 0.212. The number of rotatable bonds is 3. The fourth-order valence-electron chi connectivity index (χ4n) is 5.89. The monoisotopic (exact) mass is 426 g/mol. The molecule has 2 atom stereocenters. The van der Waals surface area contributed by atoms with Gasteiger partial charge in [-0.2, -0.15) is 0 Å². The number of fused-ring (bicyclic) bond motifs is 3. The van der Waals surface area contributed by atoms with E-state index in [1.165, 1.54) is 50.1 Å². The Kier molecular flexibility index (Phi) is 4.84. The minimum atomic E-state index is -0.250. The van der Waals surface area contributed by atoms with E-state index in [1.807, 2.05) is 0 Å². The molecule has 0 saturated carbocycles. The van der Waals surface area contributed by atoms with Crippen molar-refractivity contribution >= 4 is 0 Å². The second-order valence-corrected chi connectivity index (χ2v) is 9.79. The lowest BCUT2D eigenvalue weighted by Crippen LogP contribution is -2.31. The smallest absolute Gasteiger partial charge is 0.0707 e. The third-order valence-corrected chi connectivity index (χ3v) is 7.60. The molecule has 6 rings (SSSR count). The van der Waals surface area contributed by atoms with Crippen LogP contribution in [0.4, 0.5) is 0 Å². The van der Waals surface area contributed by atoms with E-state index in [0.717, 1.165) is 19.3 Å². The highest BCUT2D eigenvalue weighted by Crippen LogP contribution is 2.58. The first-order chi connectivity index (χ1) is 16.2. The Balaban J connectivity index is 1.66. The standard InChI is InChI=1S/C33H30/c1-23-12-16-25(17-13-23)26-18-21-30-29-10-6-7-11-31(29)33(32(30)22-26,27-8-4-3-5-9-27)28-19-14-24(2)15-20-28/h4,6-14,16-22,24H,3,5,15H2,1-2H3. The number of hydrogen-bond donors (Lipinski definition) is 0. The molecule has 0 heterocycles. The van der Waals surface area contributed by atoms with E-state index in [0.29, 0.717) is 5.92 Å². The quantitative estimate of drug-likeness (QED) is 0.393. The van der Waals surface area contributed by atoms with Crippen LogP contribution in [0.3, 0.4) is 0 Å². The van der Waals surface area contributed by atoms with Gasteiger partial charge in [-0.05, 0) is 82.7 Å². The van der Waals surface area contributed by atoms with Gasteiger partial charge in [0.25, 0.3) is 0 Å². The zero-order valence-corrected chi connectivity index (χ0v) is 19.5. The van der Waals surface area contributed by atoms with E-state index in [4.69, 9.17) is 0 Å². The van der Waals surface area contributed by atoms with Crippen LogP contribution in [-0.2, 0) is 5.41 Å². The lowest BCUT2D eigenvalue weighted by Gasteiger charge is -2.38. The molecule has 33 heavy (non-hydrogen) atoms. The van der Waals surface area contributed by atoms with Gasteiger partial charge in [-0.1, -0.05) is 110 Å². The van der Waals surface area contributed by atoms with Gasteiger partial charge in [-0.25, -0.2) is 0 Å². The molecule has 162 valence electrons. The molecule has 0 aromatic heterocycles. The van der Waals surface area contributed by atoms with Crippen molar-refractivity contribution in [2.75, 3.05) is 0 Å². The molecule has 0 aliphatic heterocycles. The molecule has 0 N–H and O–H groups in total. The first-order valence-corrected chi connectivity index (χ1v) is 12.3. The third kappa shape index (κ3) is 3.12. The molecule has 0 heteroatoms. The maximum Gasteiger partial charge on any atom is 0.0707 e. The van der Waals surface area contributed by atoms with Gasteiger partial charge in [0.2, 0.25) is 0 Å². The third-order valence-electron chi connectivity index (χ3n) is 7.60. The van der Waals surface area contributed by atoms with Crippen LogP contribution in [0.15, 0.2) is 114 Å². The summed E-state index contributed by atoms with van der Waals surface area (Å²) in [5.74, 6) is 0.594. The van der Waals surface area contributed by atoms with Gasteiger partial charge in [-0.3, -0.25) is 0 Å². The second-order valence-electron chi connectivity index (χ2n) is 9.79. The summed E-state index contributed by atoms with van der Waals surface area (Å²) in [5.41, 5.74) is 12.0. The summed E-state index contributed by atoms with van der Waals surface area (Å²) < 4.78 is 0. The van der Waals surface area contributed by atoms with E-state index in [2.05, 4.69) is 117 Å². The van der Waals surface area contributed by atoms with Crippen molar-refractivity contribution in [3.63, 3.8) is 0 Å². The van der Waals surface area contributed by atoms with Crippen LogP contribution in [0, 0.1) is 12.8 Å². The molecular formula is C33H30. The Hall–Kier alpha value is -3.38. The van der Waals surface area contributed by atoms with Crippen molar-refractivity contribution in [2.45, 2.75) is 38.5 Å². The largest absolute Gasteiger partial charge is 0.0839 e. The SMILES string of the molecule is Cc1ccc(-c2ccc3c(c2)C(C2=CCCC=C2)(C2=CCC(C)C=C2)c2ccccc2-3)cc1. The van der Waals surface area contributed by atoms with Crippen molar-refractivity contribution in [1.82, 2.24) is 0 Å². The van der Waals surface area contributed by atoms with Crippen LogP contribution in [0.1, 0.15) is 42.9 Å². The average molecular weight is 427 g/mol. The number of allylic oxidation sites excluding steroid dienone is 8. The van der Waals surface area contributed by atoms with Crippen LogP contribution < -0.4 is 0 Å². The lowest BCUT2D eigenvalue weighted by atomic mass is 9.64. The highest BCUT2D eigenvalue weighted by molar-refractivity contribution is 5.89. The van der Waals surface area contributed by atoms with E-state index in [1.54, 1.807) is 0 Å². The summed E-state index contributed by atoms with van der Waals surface area (Å²) in [6.45, 7) is 4.46. The Labute approximate surface area is 197 Å². The topological polar surface area (TPSA) is 0 Å². The summed E-state index contributed by atoms with van der Waals surface area (Å²) in [4.78, 5) is 0. The molecular weight excluding hydrogens is 396 g/mol. The predicted octanol–water partition coefficient (Wildman–Crippen LogP) is 8.73. The summed E-state index contributed by atoms with van der Waals surface area (Å²) in [6.07, 6.45) is 17.9. The Morgan fingerprint density at radius 3 is 2.24 bits per heavy atom. The molecule has 0 radical (unpaired) electrons. The molecule has 0 amide bonds. The van der Waals surface area contributed by atoms with Crippen LogP contribution in [0.5, 0.6) is 0 Å². The van der Waals surface area contributed by atoms with E-state index < -0.39 is 0 Å². The molecule has 0 spiro atoms. The normalized spacial score (nSPS) is 23.0. The van der Waals surface area contributed by atoms with Crippen LogP contribution in [0.25, 0.3) is 22.3 Å². The van der Waals surface area contributed by atoms with Gasteiger partial charge in [0, 0.05) is 0 Å². The predicted molar refractivity (Wildman–Crippen MR) is 140 cm³/mol. The van der Waals surface area contributed by atoms with Gasteiger partial charge in [0.05, 0.1) is 5.41 Å². The van der Waals surface area contributed by atoms with Gasteiger partial charge in [0.1, 0.15) is 0 Å². The molecule has 3 aliphatic carbocycles. The molecule has 0 bridgehead atoms. The van der Waals surface area contributed by atoms with Crippen LogP contribution in [-0.4, -0.2) is 0 Å². The van der Waals surface area contributed by atoms with Crippen molar-refractivity contribution in [3.8, 4) is 22.3 Å². The summed E-state index contributed by atoms with van der Waals surface area (Å²) in [6, 6.07) is 25.1. The summed E-state index contributed by atoms with van der Waals surface area (Å²) in [7, 11) is 0. The van der Waals surface area contributed by atoms with Crippen LogP contribution in [0.2, 0.25) is 0 Å². The highest BCUT2D eigenvalue weighted by Gasteiger charge is 2.47. The van der Waals surface area contributed by atoms with E-state index in [9.17, 15) is 0 Å². The first kappa shape index (κ1) is 20.2. The Morgan fingerprint density at radius 2 is 1.48 bits per heavy atom. The minimum Gasteiger partial charge on any atom is -0.0839 e. The van der Waals surface area contributed by atoms with Crippen molar-refractivity contribution < 1.29 is 0 Å². The van der Waals surface area contributed by atoms with Crippen molar-refractivity contribution in [2.24, 2.45) is 5.92 Å². The summed E-state index contributed by atoms with van der Waals surface area (Å²) >= 11 is 0. The van der Waals surface area contributed by atoms with Crippen molar-refractivity contribution in [1.29, 1.82) is 0 Å². The van der Waals surface area contributed by atoms with Crippen LogP contribution >= 0.6 is 0 Å². The minimum absolute atomic E-state index is 0.250. The fourth-order valence-corrected chi connectivity index (χ4v) is 5.89. The average Bonchev–Trinajstić information content (AvgIpc) is 3.16. The molecule has 3 aliphatic rings. The Bertz CT molecular complexity index is 1340. The van der Waals surface area contributed by atoms with E-state index >= 15 is 0 Å². The maximum atomic E-state index is 2.50. The van der Waals surface area contributed by atoms with Gasteiger partial charge in [0.15, 0.2) is 0 Å². The molecule has 2 unspecified atom stereocenters.